The van der Waals surface area contributed by atoms with Gasteiger partial charge in [0, 0.05) is 12.5 Å². The second-order valence-corrected chi connectivity index (χ2v) is 10.4. The molecule has 0 radical (unpaired) electrons. The normalized spacial score (nSPS) is 45.1. The van der Waals surface area contributed by atoms with Gasteiger partial charge in [0.15, 0.2) is 0 Å². The maximum absolute atomic E-state index is 12.6. The highest BCUT2D eigenvalue weighted by atomic mass is 16.3. The minimum Gasteiger partial charge on any atom is -0.393 e. The van der Waals surface area contributed by atoms with Crippen LogP contribution in [-0.4, -0.2) is 35.1 Å². The second-order valence-electron chi connectivity index (χ2n) is 10.4. The number of benzene rings is 1. The first-order valence-corrected chi connectivity index (χ1v) is 11.2. The lowest BCUT2D eigenvalue weighted by atomic mass is 9.47. The average Bonchev–Trinajstić information content (AvgIpc) is 3.01. The summed E-state index contributed by atoms with van der Waals surface area (Å²) in [5.41, 5.74) is 2.61. The van der Waals surface area contributed by atoms with Gasteiger partial charge in [0.05, 0.1) is 12.1 Å². The van der Waals surface area contributed by atoms with Crippen LogP contribution in [0.25, 0.3) is 6.08 Å². The van der Waals surface area contributed by atoms with Gasteiger partial charge in [0.25, 0.3) is 0 Å². The SMILES string of the molecule is CN1C(=O)C=C[C@]2(C)[C@H]3CC[C@]4(C)[C@@H](O)CC[C@H]4[C@@H]3C/C(=C\c3ccccc3)[C@@H]12. The Morgan fingerprint density at radius 2 is 1.86 bits per heavy atom. The number of rotatable bonds is 1. The third-order valence-corrected chi connectivity index (χ3v) is 9.07. The number of hydrogen-bond acceptors (Lipinski definition) is 2. The first kappa shape index (κ1) is 19.1. The molecule has 1 aliphatic heterocycles. The Morgan fingerprint density at radius 3 is 2.62 bits per heavy atom. The van der Waals surface area contributed by atoms with E-state index in [1.54, 1.807) is 6.08 Å². The van der Waals surface area contributed by atoms with Crippen LogP contribution < -0.4 is 0 Å². The fourth-order valence-corrected chi connectivity index (χ4v) is 7.58. The van der Waals surface area contributed by atoms with Crippen LogP contribution in [0.2, 0.25) is 0 Å². The highest BCUT2D eigenvalue weighted by Gasteiger charge is 2.61. The molecule has 1 N–H and O–H groups in total. The van der Waals surface area contributed by atoms with E-state index in [4.69, 9.17) is 0 Å². The van der Waals surface area contributed by atoms with Crippen molar-refractivity contribution in [2.45, 2.75) is 58.1 Å². The molecule has 0 bridgehead atoms. The molecule has 3 fully saturated rings. The fraction of sp³-hybridized carbons (Fsp3) is 0.577. The van der Waals surface area contributed by atoms with Gasteiger partial charge in [-0.05, 0) is 72.5 Å². The number of fused-ring (bicyclic) bond motifs is 5. The van der Waals surface area contributed by atoms with E-state index < -0.39 is 0 Å². The number of aliphatic hydroxyl groups excluding tert-OH is 1. The lowest BCUT2D eigenvalue weighted by molar-refractivity contribution is -0.135. The quantitative estimate of drug-likeness (QED) is 0.755. The number of amides is 1. The van der Waals surface area contributed by atoms with Crippen LogP contribution >= 0.6 is 0 Å². The second kappa shape index (κ2) is 6.57. The van der Waals surface area contributed by atoms with E-state index in [-0.39, 0.29) is 28.9 Å². The van der Waals surface area contributed by atoms with Crippen LogP contribution in [-0.2, 0) is 4.79 Å². The molecule has 4 aliphatic rings. The van der Waals surface area contributed by atoms with Crippen molar-refractivity contribution in [2.75, 3.05) is 7.05 Å². The molecule has 1 amide bonds. The maximum atomic E-state index is 12.6. The molecule has 0 aromatic heterocycles. The van der Waals surface area contributed by atoms with E-state index in [0.717, 1.165) is 32.1 Å². The minimum absolute atomic E-state index is 0.0406. The van der Waals surface area contributed by atoms with Gasteiger partial charge in [-0.1, -0.05) is 56.3 Å². The average molecular weight is 392 g/mol. The molecule has 0 saturated heterocycles. The summed E-state index contributed by atoms with van der Waals surface area (Å²) in [5, 5.41) is 10.8. The van der Waals surface area contributed by atoms with Gasteiger partial charge in [-0.15, -0.1) is 0 Å². The maximum Gasteiger partial charge on any atom is 0.246 e. The summed E-state index contributed by atoms with van der Waals surface area (Å²) >= 11 is 0. The molecule has 1 aromatic carbocycles. The summed E-state index contributed by atoms with van der Waals surface area (Å²) in [5.74, 6) is 1.83. The third-order valence-electron chi connectivity index (χ3n) is 9.07. The monoisotopic (exact) mass is 391 g/mol. The Balaban J connectivity index is 1.62. The van der Waals surface area contributed by atoms with Gasteiger partial charge >= 0.3 is 0 Å². The highest BCUT2D eigenvalue weighted by Crippen LogP contribution is 2.64. The Morgan fingerprint density at radius 1 is 1.10 bits per heavy atom. The summed E-state index contributed by atoms with van der Waals surface area (Å²) in [4.78, 5) is 14.6. The van der Waals surface area contributed by atoms with Gasteiger partial charge in [-0.25, -0.2) is 0 Å². The predicted octanol–water partition coefficient (Wildman–Crippen LogP) is 4.68. The zero-order chi connectivity index (χ0) is 20.4. The predicted molar refractivity (Wildman–Crippen MR) is 116 cm³/mol. The van der Waals surface area contributed by atoms with Crippen LogP contribution in [0.1, 0.15) is 51.5 Å². The fourth-order valence-electron chi connectivity index (χ4n) is 7.58. The first-order chi connectivity index (χ1) is 13.8. The molecule has 1 aromatic rings. The molecule has 3 nitrogen and oxygen atoms in total. The molecule has 7 atom stereocenters. The van der Waals surface area contributed by atoms with Crippen LogP contribution in [0.5, 0.6) is 0 Å². The van der Waals surface area contributed by atoms with Crippen LogP contribution in [0, 0.1) is 28.6 Å². The van der Waals surface area contributed by atoms with Crippen molar-refractivity contribution in [3.8, 4) is 0 Å². The summed E-state index contributed by atoms with van der Waals surface area (Å²) in [7, 11) is 1.97. The van der Waals surface area contributed by atoms with Gasteiger partial charge in [-0.3, -0.25) is 4.79 Å². The van der Waals surface area contributed by atoms with E-state index in [1.807, 2.05) is 11.9 Å². The lowest BCUT2D eigenvalue weighted by Gasteiger charge is -2.60. The van der Waals surface area contributed by atoms with Gasteiger partial charge in [-0.2, -0.15) is 0 Å². The van der Waals surface area contributed by atoms with E-state index >= 15 is 0 Å². The molecule has 0 spiro atoms. The van der Waals surface area contributed by atoms with Crippen molar-refractivity contribution in [2.24, 2.45) is 28.6 Å². The smallest absolute Gasteiger partial charge is 0.246 e. The largest absolute Gasteiger partial charge is 0.393 e. The molecule has 1 heterocycles. The van der Waals surface area contributed by atoms with Crippen molar-refractivity contribution < 1.29 is 9.90 Å². The van der Waals surface area contributed by atoms with Crippen molar-refractivity contribution in [1.29, 1.82) is 0 Å². The third kappa shape index (κ3) is 2.70. The Hall–Kier alpha value is -1.87. The van der Waals surface area contributed by atoms with Crippen molar-refractivity contribution in [3.05, 3.63) is 53.6 Å². The van der Waals surface area contributed by atoms with Gasteiger partial charge < -0.3 is 10.0 Å². The number of nitrogens with zero attached hydrogens (tertiary/aromatic N) is 1. The zero-order valence-electron chi connectivity index (χ0n) is 17.8. The Labute approximate surface area is 174 Å². The first-order valence-electron chi connectivity index (χ1n) is 11.2. The number of likely N-dealkylation sites (N-methyl/N-ethyl adjacent to an activating group) is 1. The molecular weight excluding hydrogens is 358 g/mol. The topological polar surface area (TPSA) is 40.5 Å². The molecule has 3 heteroatoms. The minimum atomic E-state index is -0.160. The zero-order valence-corrected chi connectivity index (χ0v) is 17.8. The van der Waals surface area contributed by atoms with Crippen LogP contribution in [0.3, 0.4) is 0 Å². The van der Waals surface area contributed by atoms with Gasteiger partial charge in [0.2, 0.25) is 5.91 Å². The summed E-state index contributed by atoms with van der Waals surface area (Å²) in [6, 6.07) is 10.6. The van der Waals surface area contributed by atoms with Crippen LogP contribution in [0.15, 0.2) is 48.1 Å². The molecular formula is C26H33NO2. The van der Waals surface area contributed by atoms with E-state index in [0.29, 0.717) is 17.8 Å². The number of carbonyl (C=O) groups excluding carboxylic acids is 1. The lowest BCUT2D eigenvalue weighted by Crippen LogP contribution is -2.60. The van der Waals surface area contributed by atoms with E-state index in [2.05, 4.69) is 56.3 Å². The molecule has 3 aliphatic carbocycles. The summed E-state index contributed by atoms with van der Waals surface area (Å²) < 4.78 is 0. The Kier molecular flexibility index (Phi) is 4.33. The number of carbonyl (C=O) groups is 1. The van der Waals surface area contributed by atoms with E-state index in [1.165, 1.54) is 11.1 Å². The molecule has 3 saturated carbocycles. The van der Waals surface area contributed by atoms with Gasteiger partial charge in [0.1, 0.15) is 0 Å². The number of hydrogen-bond donors (Lipinski definition) is 1. The van der Waals surface area contributed by atoms with Crippen molar-refractivity contribution >= 4 is 12.0 Å². The van der Waals surface area contributed by atoms with E-state index in [9.17, 15) is 9.90 Å². The molecule has 0 unspecified atom stereocenters. The van der Waals surface area contributed by atoms with Crippen molar-refractivity contribution in [1.82, 2.24) is 4.90 Å². The summed E-state index contributed by atoms with van der Waals surface area (Å²) in [6.07, 6.45) is 11.6. The molecule has 29 heavy (non-hydrogen) atoms. The standard InChI is InChI=1S/C26H33NO2/c1-25-13-11-21-19(20(25)9-10-22(25)28)16-18(15-17-7-5-4-6-8-17)24-26(21,2)14-12-23(29)27(24)3/h4-8,12,14-15,19-22,24,28H,9-11,13,16H2,1-3H3/b18-15+/t19-,20-,21-,22-,24+,25-,26+/m0/s1. The highest BCUT2D eigenvalue weighted by molar-refractivity contribution is 5.89. The molecule has 154 valence electrons. The number of aliphatic hydroxyl groups is 1. The molecule has 5 rings (SSSR count). The Bertz CT molecular complexity index is 874. The van der Waals surface area contributed by atoms with Crippen molar-refractivity contribution in [3.63, 3.8) is 0 Å². The summed E-state index contributed by atoms with van der Waals surface area (Å²) in [6.45, 7) is 4.70. The van der Waals surface area contributed by atoms with Crippen LogP contribution in [0.4, 0.5) is 0 Å².